The second-order valence-electron chi connectivity index (χ2n) is 30.3. The lowest BCUT2D eigenvalue weighted by Crippen LogP contribution is -2.62. The van der Waals surface area contributed by atoms with Gasteiger partial charge in [0.15, 0.2) is 0 Å². The molecule has 0 aliphatic rings. The van der Waals surface area contributed by atoms with Crippen LogP contribution in [-0.2, 0) is 0 Å². The van der Waals surface area contributed by atoms with E-state index in [2.05, 4.69) is 260 Å². The monoisotopic (exact) mass is 1040 g/mol. The van der Waals surface area contributed by atoms with Gasteiger partial charge in [-0.2, -0.15) is 0 Å². The highest BCUT2D eigenvalue weighted by Crippen LogP contribution is 2.57. The minimum absolute atomic E-state index is 0.103. The van der Waals surface area contributed by atoms with Crippen molar-refractivity contribution in [3.8, 4) is 22.3 Å². The summed E-state index contributed by atoms with van der Waals surface area (Å²) in [6.07, 6.45) is 0. The smallest absolute Gasteiger partial charge is 0.0648 e. The van der Waals surface area contributed by atoms with E-state index >= 15 is 0 Å². The number of fused-ring (bicyclic) bond motifs is 2. The lowest BCUT2D eigenvalue weighted by Gasteiger charge is -2.54. The number of rotatable bonds is 15. The highest BCUT2D eigenvalue weighted by Gasteiger charge is 2.55. The van der Waals surface area contributed by atoms with Gasteiger partial charge in [0.05, 0.1) is 16.1 Å². The summed E-state index contributed by atoms with van der Waals surface area (Å²) in [7, 11) is -4.70. The molecule has 7 aromatic carbocycles. The second kappa shape index (κ2) is 20.8. The van der Waals surface area contributed by atoms with E-state index in [9.17, 15) is 0 Å². The zero-order valence-electron chi connectivity index (χ0n) is 53.0. The SMILES string of the molecule is CC(C)C[Si](c1ccc2c3ccc([Si](CC(C)C)(C(C)(C)C)C(C)(C)C)c4cc(-c5c(C(C)C)cc(C(C)C)cc5C(C)C)cc(c5cc(-c6c(C(C)C)cc(C(C)C)cc6C(C)C)cc1c25)c43)(C(C)C)C(C)(C)C. The quantitative estimate of drug-likeness (QED) is 0.0545. The summed E-state index contributed by atoms with van der Waals surface area (Å²) >= 11 is 0. The van der Waals surface area contributed by atoms with Crippen molar-refractivity contribution >= 4 is 69.6 Å². The van der Waals surface area contributed by atoms with Crippen LogP contribution in [-0.4, -0.2) is 16.1 Å². The lowest BCUT2D eigenvalue weighted by molar-refractivity contribution is 0.586. The van der Waals surface area contributed by atoms with Crippen molar-refractivity contribution in [1.29, 1.82) is 0 Å². The molecule has 7 rings (SSSR count). The Morgan fingerprint density at radius 1 is 0.333 bits per heavy atom. The highest BCUT2D eigenvalue weighted by atomic mass is 28.3. The van der Waals surface area contributed by atoms with Crippen molar-refractivity contribution in [3.05, 3.63) is 106 Å². The molecule has 0 saturated heterocycles. The molecular weight excluding hydrogens is 933 g/mol. The Kier molecular flexibility index (Phi) is 16.4. The molecule has 0 spiro atoms. The predicted octanol–water partition coefficient (Wildman–Crippen LogP) is 23.2. The maximum Gasteiger partial charge on any atom is 0.0983 e. The van der Waals surface area contributed by atoms with E-state index in [1.807, 2.05) is 0 Å². The molecule has 75 heavy (non-hydrogen) atoms. The van der Waals surface area contributed by atoms with Gasteiger partial charge in [0.2, 0.25) is 0 Å². The first-order valence-corrected chi connectivity index (χ1v) is 34.6. The Morgan fingerprint density at radius 2 is 0.653 bits per heavy atom. The lowest BCUT2D eigenvalue weighted by atomic mass is 9.79. The van der Waals surface area contributed by atoms with Gasteiger partial charge in [-0.05, 0) is 191 Å². The van der Waals surface area contributed by atoms with Crippen LogP contribution in [0.25, 0.3) is 65.3 Å². The van der Waals surface area contributed by atoms with E-state index in [0.717, 1.165) is 0 Å². The molecule has 0 radical (unpaired) electrons. The van der Waals surface area contributed by atoms with Crippen molar-refractivity contribution in [2.24, 2.45) is 11.8 Å². The maximum absolute atomic E-state index is 2.75. The van der Waals surface area contributed by atoms with Crippen LogP contribution in [0.15, 0.2) is 72.8 Å². The van der Waals surface area contributed by atoms with Crippen LogP contribution in [0.2, 0.25) is 32.7 Å². The molecule has 2 heteroatoms. The van der Waals surface area contributed by atoms with Gasteiger partial charge >= 0.3 is 0 Å². The molecule has 406 valence electrons. The summed E-state index contributed by atoms with van der Waals surface area (Å²) in [6, 6.07) is 34.5. The minimum atomic E-state index is -2.41. The molecular formula is C73H106Si2. The van der Waals surface area contributed by atoms with E-state index < -0.39 is 16.1 Å². The van der Waals surface area contributed by atoms with E-state index in [1.165, 1.54) is 111 Å². The number of hydrogen-bond donors (Lipinski definition) is 0. The Hall–Kier alpha value is -3.73. The summed E-state index contributed by atoms with van der Waals surface area (Å²) in [5.41, 5.74) is 15.2. The van der Waals surface area contributed by atoms with Crippen LogP contribution in [0, 0.1) is 11.8 Å². The zero-order valence-corrected chi connectivity index (χ0v) is 55.0. The topological polar surface area (TPSA) is 0 Å². The largest absolute Gasteiger partial charge is 0.0983 e. The molecule has 0 aliphatic heterocycles. The van der Waals surface area contributed by atoms with Crippen molar-refractivity contribution in [2.45, 2.75) is 255 Å². The van der Waals surface area contributed by atoms with E-state index in [4.69, 9.17) is 0 Å². The molecule has 0 fully saturated rings. The third-order valence-electron chi connectivity index (χ3n) is 18.9. The van der Waals surface area contributed by atoms with Crippen LogP contribution in [0.4, 0.5) is 0 Å². The van der Waals surface area contributed by atoms with Crippen LogP contribution < -0.4 is 10.4 Å². The Bertz CT molecular complexity index is 3120. The Morgan fingerprint density at radius 3 is 0.933 bits per heavy atom. The average molecular weight is 1040 g/mol. The fraction of sp³-hybridized carbons (Fsp3) is 0.562. The van der Waals surface area contributed by atoms with Crippen molar-refractivity contribution in [3.63, 3.8) is 0 Å². The summed E-state index contributed by atoms with van der Waals surface area (Å²) < 4.78 is 0. The predicted molar refractivity (Wildman–Crippen MR) is 347 cm³/mol. The zero-order chi connectivity index (χ0) is 56.1. The first kappa shape index (κ1) is 58.9. The van der Waals surface area contributed by atoms with Gasteiger partial charge in [0.1, 0.15) is 0 Å². The summed E-state index contributed by atoms with van der Waals surface area (Å²) in [4.78, 5) is 0. The summed E-state index contributed by atoms with van der Waals surface area (Å²) in [6.45, 7) is 67.6. The molecule has 1 atom stereocenters. The van der Waals surface area contributed by atoms with Gasteiger partial charge in [-0.3, -0.25) is 0 Å². The maximum atomic E-state index is 2.75. The van der Waals surface area contributed by atoms with E-state index in [-0.39, 0.29) is 15.1 Å². The van der Waals surface area contributed by atoms with Gasteiger partial charge < -0.3 is 0 Å². The molecule has 0 amide bonds. The van der Waals surface area contributed by atoms with Crippen molar-refractivity contribution in [2.75, 3.05) is 0 Å². The summed E-state index contributed by atoms with van der Waals surface area (Å²) in [5.74, 6) is 3.57. The Labute approximate surface area is 462 Å². The standard InChI is InChI=1S/C73H106Si2/c1-42(2)40-74(50(17)18,71(19,20)21)65-30-28-55-56-29-31-66(75(41-43(3)4,72(22,23)24)73(25,26)27)64-39-54(68-59(48(13)14)34-52(45(7)8)35-60(68)49(15)16)37-62(70(56)64)61-36-53(38-63(65)69(55)61)67-57(46(9)10)32-51(44(5)6)33-58(67)47(11)12/h28-39,42-50H,40-41H2,1-27H3. The van der Waals surface area contributed by atoms with Gasteiger partial charge in [0.25, 0.3) is 0 Å². The minimum Gasteiger partial charge on any atom is -0.0648 e. The molecule has 0 bridgehead atoms. The number of hydrogen-bond acceptors (Lipinski definition) is 0. The number of benzene rings is 7. The fourth-order valence-electron chi connectivity index (χ4n) is 15.6. The normalized spacial score (nSPS) is 14.6. The van der Waals surface area contributed by atoms with Crippen molar-refractivity contribution < 1.29 is 0 Å². The van der Waals surface area contributed by atoms with E-state index in [0.29, 0.717) is 52.9 Å². The van der Waals surface area contributed by atoms with Gasteiger partial charge in [-0.1, -0.05) is 258 Å². The van der Waals surface area contributed by atoms with Gasteiger partial charge in [-0.25, -0.2) is 0 Å². The fourth-order valence-corrected chi connectivity index (χ4v) is 30.0. The average Bonchev–Trinajstić information content (AvgIpc) is 3.28. The van der Waals surface area contributed by atoms with Crippen LogP contribution in [0.3, 0.4) is 0 Å². The second-order valence-corrected chi connectivity index (χ2v) is 41.6. The first-order valence-electron chi connectivity index (χ1n) is 30.1. The molecule has 0 aliphatic carbocycles. The molecule has 0 heterocycles. The Balaban J connectivity index is 1.92. The third kappa shape index (κ3) is 9.97. The van der Waals surface area contributed by atoms with Crippen LogP contribution in [0.1, 0.15) is 256 Å². The van der Waals surface area contributed by atoms with Gasteiger partial charge in [-0.15, -0.1) is 0 Å². The molecule has 1 unspecified atom stereocenters. The summed E-state index contributed by atoms with van der Waals surface area (Å²) in [5, 5.41) is 15.4. The molecule has 0 aromatic heterocycles. The first-order chi connectivity index (χ1) is 34.5. The molecule has 7 aromatic rings. The van der Waals surface area contributed by atoms with E-state index in [1.54, 1.807) is 10.4 Å². The van der Waals surface area contributed by atoms with Crippen molar-refractivity contribution in [1.82, 2.24) is 0 Å². The third-order valence-corrected chi connectivity index (χ3v) is 34.3. The van der Waals surface area contributed by atoms with Gasteiger partial charge in [0, 0.05) is 0 Å². The molecule has 0 N–H and O–H groups in total. The molecule has 0 nitrogen and oxygen atoms in total. The van der Waals surface area contributed by atoms with Crippen LogP contribution in [0.5, 0.6) is 0 Å². The highest BCUT2D eigenvalue weighted by molar-refractivity contribution is 6.98. The van der Waals surface area contributed by atoms with Crippen LogP contribution >= 0.6 is 0 Å². The molecule has 0 saturated carbocycles.